The van der Waals surface area contributed by atoms with E-state index in [1.54, 1.807) is 20.8 Å². The maximum Gasteiger partial charge on any atom is 0.186 e. The number of nitrogens with two attached hydrogens (primary N) is 1. The summed E-state index contributed by atoms with van der Waals surface area (Å²) in [6, 6.07) is 0. The zero-order chi connectivity index (χ0) is 13.7. The van der Waals surface area contributed by atoms with Crippen molar-refractivity contribution >= 4 is 20.9 Å². The van der Waals surface area contributed by atoms with E-state index in [2.05, 4.69) is 0 Å². The molecule has 0 amide bonds. The molecule has 0 aromatic carbocycles. The van der Waals surface area contributed by atoms with Gasteiger partial charge in [-0.3, -0.25) is 0 Å². The van der Waals surface area contributed by atoms with Gasteiger partial charge in [0.2, 0.25) is 0 Å². The summed E-state index contributed by atoms with van der Waals surface area (Å²) in [5.74, 6) is 0. The second kappa shape index (κ2) is 6.13. The van der Waals surface area contributed by atoms with E-state index in [0.717, 1.165) is 11.5 Å². The lowest BCUT2D eigenvalue weighted by Gasteiger charge is -2.15. The largest absolute Gasteiger partial charge is 0.405 e. The van der Waals surface area contributed by atoms with Gasteiger partial charge < -0.3 is 10.3 Å². The van der Waals surface area contributed by atoms with Crippen LogP contribution in [0.15, 0.2) is 34.7 Å². The van der Waals surface area contributed by atoms with Crippen LogP contribution in [0.4, 0.5) is 0 Å². The molecule has 0 bridgehead atoms. The van der Waals surface area contributed by atoms with Crippen LogP contribution in [0, 0.1) is 0 Å². The fraction of sp³-hybridized carbons (Fsp3) is 0.400. The third-order valence-corrected chi connectivity index (χ3v) is 4.72. The summed E-state index contributed by atoms with van der Waals surface area (Å²) in [5, 5.41) is 0.928. The SMILES string of the molecule is CC(C)(C)S(=O)(=O)/C=C/C(=C\C=C\N)S(=O)O. The van der Waals surface area contributed by atoms with Crippen LogP contribution in [-0.2, 0) is 20.9 Å². The Morgan fingerprint density at radius 2 is 1.88 bits per heavy atom. The fourth-order valence-electron chi connectivity index (χ4n) is 0.683. The van der Waals surface area contributed by atoms with Crippen LogP contribution >= 0.6 is 0 Å². The Hall–Kier alpha value is -0.920. The van der Waals surface area contributed by atoms with Crippen LogP contribution in [0.25, 0.3) is 0 Å². The van der Waals surface area contributed by atoms with Crippen LogP contribution < -0.4 is 5.73 Å². The first-order chi connectivity index (χ1) is 7.62. The second-order valence-electron chi connectivity index (χ2n) is 4.16. The summed E-state index contributed by atoms with van der Waals surface area (Å²) >= 11 is -2.26. The summed E-state index contributed by atoms with van der Waals surface area (Å²) in [7, 11) is -3.47. The molecule has 0 spiro atoms. The number of hydrogen-bond donors (Lipinski definition) is 2. The topological polar surface area (TPSA) is 97.5 Å². The maximum absolute atomic E-state index is 11.7. The maximum atomic E-state index is 11.7. The summed E-state index contributed by atoms with van der Waals surface area (Å²) < 4.78 is 42.3. The second-order valence-corrected chi connectivity index (χ2v) is 7.72. The van der Waals surface area contributed by atoms with Crippen molar-refractivity contribution in [2.45, 2.75) is 25.5 Å². The molecule has 3 N–H and O–H groups in total. The van der Waals surface area contributed by atoms with Gasteiger partial charge in [-0.1, -0.05) is 0 Å². The zero-order valence-electron chi connectivity index (χ0n) is 9.95. The monoisotopic (exact) mass is 279 g/mol. The quantitative estimate of drug-likeness (QED) is 0.597. The van der Waals surface area contributed by atoms with Gasteiger partial charge in [-0.2, -0.15) is 0 Å². The molecule has 0 fully saturated rings. The van der Waals surface area contributed by atoms with Crippen LogP contribution in [0.1, 0.15) is 20.8 Å². The lowest BCUT2D eigenvalue weighted by Crippen LogP contribution is -2.25. The van der Waals surface area contributed by atoms with Gasteiger partial charge in [-0.05, 0) is 45.2 Å². The number of rotatable bonds is 4. The predicted molar refractivity (Wildman–Crippen MR) is 70.0 cm³/mol. The molecule has 0 aliphatic heterocycles. The lowest BCUT2D eigenvalue weighted by molar-refractivity contribution is 0.570. The van der Waals surface area contributed by atoms with Crippen molar-refractivity contribution < 1.29 is 17.2 Å². The highest BCUT2D eigenvalue weighted by Crippen LogP contribution is 2.18. The molecule has 0 saturated carbocycles. The minimum absolute atomic E-state index is 0.0421. The molecule has 1 unspecified atom stereocenters. The Bertz CT molecular complexity index is 467. The minimum atomic E-state index is -3.47. The third-order valence-electron chi connectivity index (χ3n) is 1.84. The number of sulfone groups is 1. The Labute approximate surface area is 104 Å². The van der Waals surface area contributed by atoms with Crippen molar-refractivity contribution in [3.05, 3.63) is 34.7 Å². The summed E-state index contributed by atoms with van der Waals surface area (Å²) in [6.45, 7) is 4.64. The zero-order valence-corrected chi connectivity index (χ0v) is 11.6. The van der Waals surface area contributed by atoms with Crippen molar-refractivity contribution in [2.24, 2.45) is 5.73 Å². The van der Waals surface area contributed by atoms with Crippen LogP contribution in [0.5, 0.6) is 0 Å². The minimum Gasteiger partial charge on any atom is -0.405 e. The molecule has 0 aliphatic carbocycles. The van der Waals surface area contributed by atoms with E-state index < -0.39 is 25.7 Å². The molecule has 0 aromatic rings. The van der Waals surface area contributed by atoms with Gasteiger partial charge in [0.15, 0.2) is 20.9 Å². The molecule has 0 saturated heterocycles. The fourth-order valence-corrected chi connectivity index (χ4v) is 1.88. The van der Waals surface area contributed by atoms with E-state index in [0.29, 0.717) is 0 Å². The Kier molecular flexibility index (Phi) is 5.80. The molecule has 0 heterocycles. The molecule has 5 nitrogen and oxygen atoms in total. The molecular weight excluding hydrogens is 262 g/mol. The Balaban J connectivity index is 5.24. The van der Waals surface area contributed by atoms with Gasteiger partial charge in [0.05, 0.1) is 9.65 Å². The summed E-state index contributed by atoms with van der Waals surface area (Å²) in [5.41, 5.74) is 5.08. The number of allylic oxidation sites excluding steroid dienone is 3. The highest BCUT2D eigenvalue weighted by Gasteiger charge is 2.26. The Morgan fingerprint density at radius 3 is 2.24 bits per heavy atom. The van der Waals surface area contributed by atoms with E-state index in [9.17, 15) is 12.6 Å². The number of hydrogen-bond acceptors (Lipinski definition) is 4. The van der Waals surface area contributed by atoms with E-state index in [4.69, 9.17) is 10.3 Å². The molecule has 0 radical (unpaired) electrons. The average Bonchev–Trinajstić information content (AvgIpc) is 2.15. The average molecular weight is 279 g/mol. The highest BCUT2D eigenvalue weighted by atomic mass is 32.2. The van der Waals surface area contributed by atoms with E-state index in [-0.39, 0.29) is 4.91 Å². The molecule has 1 atom stereocenters. The third kappa shape index (κ3) is 5.29. The highest BCUT2D eigenvalue weighted by molar-refractivity contribution is 7.95. The van der Waals surface area contributed by atoms with Crippen molar-refractivity contribution in [3.8, 4) is 0 Å². The van der Waals surface area contributed by atoms with Crippen LogP contribution in [0.2, 0.25) is 0 Å². The first-order valence-electron chi connectivity index (χ1n) is 4.74. The van der Waals surface area contributed by atoms with Gasteiger partial charge in [0, 0.05) is 5.41 Å². The lowest BCUT2D eigenvalue weighted by atomic mass is 10.3. The van der Waals surface area contributed by atoms with E-state index >= 15 is 0 Å². The Morgan fingerprint density at radius 1 is 1.35 bits per heavy atom. The van der Waals surface area contributed by atoms with Crippen molar-refractivity contribution in [3.63, 3.8) is 0 Å². The molecule has 0 aliphatic rings. The van der Waals surface area contributed by atoms with Crippen LogP contribution in [-0.4, -0.2) is 21.9 Å². The molecule has 0 rings (SSSR count). The van der Waals surface area contributed by atoms with Gasteiger partial charge in [0.1, 0.15) is 0 Å². The first kappa shape index (κ1) is 16.1. The van der Waals surface area contributed by atoms with Crippen molar-refractivity contribution in [1.82, 2.24) is 0 Å². The van der Waals surface area contributed by atoms with E-state index in [1.807, 2.05) is 0 Å². The molecule has 98 valence electrons. The van der Waals surface area contributed by atoms with Crippen molar-refractivity contribution in [2.75, 3.05) is 0 Å². The molecule has 0 aromatic heterocycles. The van der Waals surface area contributed by atoms with Crippen LogP contribution in [0.3, 0.4) is 0 Å². The predicted octanol–water partition coefficient (Wildman–Crippen LogP) is 1.29. The standard InChI is InChI=1S/C10H17NO4S2/c1-10(2,3)17(14,15)8-6-9(16(12)13)5-4-7-11/h4-8H,11H2,1-3H3,(H,12,13)/b7-4+,8-6+,9-5+. The van der Waals surface area contributed by atoms with Crippen molar-refractivity contribution in [1.29, 1.82) is 0 Å². The molecule has 17 heavy (non-hydrogen) atoms. The first-order valence-corrected chi connectivity index (χ1v) is 7.39. The summed E-state index contributed by atoms with van der Waals surface area (Å²) in [6.07, 6.45) is 4.89. The van der Waals surface area contributed by atoms with Gasteiger partial charge in [-0.25, -0.2) is 12.6 Å². The van der Waals surface area contributed by atoms with Gasteiger partial charge in [-0.15, -0.1) is 0 Å². The normalized spacial score (nSPS) is 16.8. The van der Waals surface area contributed by atoms with Gasteiger partial charge >= 0.3 is 0 Å². The van der Waals surface area contributed by atoms with E-state index in [1.165, 1.54) is 18.4 Å². The molecular formula is C10H17NO4S2. The molecule has 7 heteroatoms. The smallest absolute Gasteiger partial charge is 0.186 e. The van der Waals surface area contributed by atoms with Gasteiger partial charge in [0.25, 0.3) is 0 Å². The summed E-state index contributed by atoms with van der Waals surface area (Å²) in [4.78, 5) is -0.0421.